The molecule has 0 spiro atoms. The Morgan fingerprint density at radius 2 is 2.09 bits per heavy atom. The second kappa shape index (κ2) is 6.74. The van der Waals surface area contributed by atoms with E-state index in [0.29, 0.717) is 11.4 Å². The first-order valence-electron chi connectivity index (χ1n) is 7.18. The molecule has 0 fully saturated rings. The predicted octanol–water partition coefficient (Wildman–Crippen LogP) is 3.02. The van der Waals surface area contributed by atoms with E-state index in [2.05, 4.69) is 15.6 Å². The monoisotopic (exact) mass is 308 g/mol. The lowest BCUT2D eigenvalue weighted by Crippen LogP contribution is -2.19. The molecule has 0 aliphatic rings. The molecule has 0 radical (unpaired) electrons. The summed E-state index contributed by atoms with van der Waals surface area (Å²) < 4.78 is 7.33. The molecule has 23 heavy (non-hydrogen) atoms. The lowest BCUT2D eigenvalue weighted by Gasteiger charge is -2.12. The van der Waals surface area contributed by atoms with Gasteiger partial charge in [-0.05, 0) is 36.8 Å². The summed E-state index contributed by atoms with van der Waals surface area (Å²) in [6.07, 6.45) is 3.16. The van der Waals surface area contributed by atoms with Crippen LogP contribution < -0.4 is 10.1 Å². The van der Waals surface area contributed by atoms with Gasteiger partial charge in [-0.3, -0.25) is 4.79 Å². The van der Waals surface area contributed by atoms with Gasteiger partial charge in [0.1, 0.15) is 12.3 Å². The molecule has 6 heteroatoms. The number of anilines is 1. The van der Waals surface area contributed by atoms with E-state index in [1.165, 1.54) is 10.9 Å². The van der Waals surface area contributed by atoms with Crippen LogP contribution in [-0.4, -0.2) is 20.9 Å². The summed E-state index contributed by atoms with van der Waals surface area (Å²) in [5, 5.41) is 10.3. The van der Waals surface area contributed by atoms with Crippen molar-refractivity contribution in [2.75, 3.05) is 5.32 Å². The minimum Gasteiger partial charge on any atom is -0.455 e. The SMILES string of the molecule is Cc1cccc(Oc2ccccc2NC(=O)Cn2ccnn2)c1. The van der Waals surface area contributed by atoms with Crippen molar-refractivity contribution in [1.82, 2.24) is 15.0 Å². The summed E-state index contributed by atoms with van der Waals surface area (Å²) >= 11 is 0. The van der Waals surface area contributed by atoms with Crippen LogP contribution in [0, 0.1) is 6.92 Å². The van der Waals surface area contributed by atoms with Crippen LogP contribution in [0.4, 0.5) is 5.69 Å². The van der Waals surface area contributed by atoms with E-state index in [0.717, 1.165) is 11.3 Å². The maximum atomic E-state index is 12.1. The summed E-state index contributed by atoms with van der Waals surface area (Å²) in [5.41, 5.74) is 1.72. The molecule has 1 N–H and O–H groups in total. The van der Waals surface area contributed by atoms with Gasteiger partial charge in [-0.1, -0.05) is 29.5 Å². The molecule has 1 amide bonds. The molecule has 3 rings (SSSR count). The molecule has 1 heterocycles. The molecule has 1 aromatic heterocycles. The van der Waals surface area contributed by atoms with Crippen molar-refractivity contribution in [3.05, 3.63) is 66.5 Å². The molecule has 116 valence electrons. The van der Waals surface area contributed by atoms with Crippen molar-refractivity contribution < 1.29 is 9.53 Å². The molecule has 2 aromatic carbocycles. The van der Waals surface area contributed by atoms with Crippen LogP contribution in [0.3, 0.4) is 0 Å². The Bertz CT molecular complexity index is 800. The summed E-state index contributed by atoms with van der Waals surface area (Å²) in [4.78, 5) is 12.1. The first kappa shape index (κ1) is 14.8. The van der Waals surface area contributed by atoms with Gasteiger partial charge in [-0.2, -0.15) is 0 Å². The molecule has 0 saturated heterocycles. The molecule has 0 bridgehead atoms. The molecular formula is C17H16N4O2. The molecule has 0 atom stereocenters. The molecular weight excluding hydrogens is 292 g/mol. The van der Waals surface area contributed by atoms with Crippen LogP contribution in [-0.2, 0) is 11.3 Å². The van der Waals surface area contributed by atoms with E-state index < -0.39 is 0 Å². The summed E-state index contributed by atoms with van der Waals surface area (Å²) in [7, 11) is 0. The number of carbonyl (C=O) groups excluding carboxylic acids is 1. The highest BCUT2D eigenvalue weighted by Crippen LogP contribution is 2.29. The Morgan fingerprint density at radius 1 is 1.22 bits per heavy atom. The number of aromatic nitrogens is 3. The molecule has 0 aliphatic heterocycles. The molecule has 0 saturated carbocycles. The lowest BCUT2D eigenvalue weighted by atomic mass is 10.2. The lowest BCUT2D eigenvalue weighted by molar-refractivity contribution is -0.116. The van der Waals surface area contributed by atoms with Gasteiger partial charge in [0, 0.05) is 6.20 Å². The third kappa shape index (κ3) is 3.94. The van der Waals surface area contributed by atoms with E-state index in [1.54, 1.807) is 12.3 Å². The molecule has 0 aliphatic carbocycles. The van der Waals surface area contributed by atoms with Crippen LogP contribution in [0.15, 0.2) is 60.9 Å². The Morgan fingerprint density at radius 3 is 2.87 bits per heavy atom. The van der Waals surface area contributed by atoms with E-state index in [-0.39, 0.29) is 12.5 Å². The van der Waals surface area contributed by atoms with Crippen molar-refractivity contribution >= 4 is 11.6 Å². The maximum absolute atomic E-state index is 12.1. The number of hydrogen-bond donors (Lipinski definition) is 1. The highest BCUT2D eigenvalue weighted by Gasteiger charge is 2.09. The number of ether oxygens (including phenoxy) is 1. The highest BCUT2D eigenvalue weighted by atomic mass is 16.5. The Hall–Kier alpha value is -3.15. The molecule has 6 nitrogen and oxygen atoms in total. The van der Waals surface area contributed by atoms with Crippen molar-refractivity contribution in [2.24, 2.45) is 0 Å². The number of nitrogens with one attached hydrogen (secondary N) is 1. The summed E-state index contributed by atoms with van der Waals surface area (Å²) in [6, 6.07) is 15.1. The average molecular weight is 308 g/mol. The number of para-hydroxylation sites is 2. The van der Waals surface area contributed by atoms with Crippen molar-refractivity contribution in [1.29, 1.82) is 0 Å². The third-order valence-corrected chi connectivity index (χ3v) is 3.16. The fourth-order valence-electron chi connectivity index (χ4n) is 2.12. The molecule has 0 unspecified atom stereocenters. The van der Waals surface area contributed by atoms with Crippen LogP contribution in [0.1, 0.15) is 5.56 Å². The van der Waals surface area contributed by atoms with E-state index in [1.807, 2.05) is 49.4 Å². The fraction of sp³-hybridized carbons (Fsp3) is 0.118. The number of aryl methyl sites for hydroxylation is 1. The number of nitrogens with zero attached hydrogens (tertiary/aromatic N) is 3. The maximum Gasteiger partial charge on any atom is 0.246 e. The van der Waals surface area contributed by atoms with E-state index >= 15 is 0 Å². The van der Waals surface area contributed by atoms with Gasteiger partial charge >= 0.3 is 0 Å². The summed E-state index contributed by atoms with van der Waals surface area (Å²) in [5.74, 6) is 1.11. The van der Waals surface area contributed by atoms with Gasteiger partial charge in [0.15, 0.2) is 5.75 Å². The quantitative estimate of drug-likeness (QED) is 0.786. The largest absolute Gasteiger partial charge is 0.455 e. The zero-order valence-corrected chi connectivity index (χ0v) is 12.6. The van der Waals surface area contributed by atoms with Gasteiger partial charge in [0.05, 0.1) is 11.9 Å². The second-order valence-electron chi connectivity index (χ2n) is 5.06. The van der Waals surface area contributed by atoms with Gasteiger partial charge in [-0.25, -0.2) is 4.68 Å². The van der Waals surface area contributed by atoms with Gasteiger partial charge in [-0.15, -0.1) is 5.10 Å². The smallest absolute Gasteiger partial charge is 0.246 e. The van der Waals surface area contributed by atoms with Gasteiger partial charge in [0.25, 0.3) is 0 Å². The Labute approximate surface area is 133 Å². The zero-order valence-electron chi connectivity index (χ0n) is 12.6. The van der Waals surface area contributed by atoms with Crippen LogP contribution in [0.25, 0.3) is 0 Å². The first-order valence-corrected chi connectivity index (χ1v) is 7.18. The van der Waals surface area contributed by atoms with E-state index in [4.69, 9.17) is 4.74 Å². The average Bonchev–Trinajstić information content (AvgIpc) is 3.02. The Kier molecular flexibility index (Phi) is 4.33. The molecule has 3 aromatic rings. The van der Waals surface area contributed by atoms with E-state index in [9.17, 15) is 4.79 Å². The van der Waals surface area contributed by atoms with Crippen molar-refractivity contribution in [3.8, 4) is 11.5 Å². The number of rotatable bonds is 5. The topological polar surface area (TPSA) is 69.0 Å². The number of amides is 1. The number of benzene rings is 2. The fourth-order valence-corrected chi connectivity index (χ4v) is 2.12. The minimum atomic E-state index is -0.198. The number of hydrogen-bond acceptors (Lipinski definition) is 4. The van der Waals surface area contributed by atoms with Crippen LogP contribution in [0.2, 0.25) is 0 Å². The third-order valence-electron chi connectivity index (χ3n) is 3.16. The highest BCUT2D eigenvalue weighted by molar-refractivity contribution is 5.92. The van der Waals surface area contributed by atoms with Crippen molar-refractivity contribution in [2.45, 2.75) is 13.5 Å². The number of carbonyl (C=O) groups is 1. The van der Waals surface area contributed by atoms with Gasteiger partial charge in [0.2, 0.25) is 5.91 Å². The first-order chi connectivity index (χ1) is 11.2. The van der Waals surface area contributed by atoms with Gasteiger partial charge < -0.3 is 10.1 Å². The Balaban J connectivity index is 1.74. The normalized spacial score (nSPS) is 10.3. The summed E-state index contributed by atoms with van der Waals surface area (Å²) in [6.45, 7) is 2.09. The minimum absolute atomic E-state index is 0.0960. The zero-order chi connectivity index (χ0) is 16.1. The van der Waals surface area contributed by atoms with Crippen molar-refractivity contribution in [3.63, 3.8) is 0 Å². The predicted molar refractivity (Wildman–Crippen MR) is 86.3 cm³/mol. The van der Waals surface area contributed by atoms with Crippen LogP contribution >= 0.6 is 0 Å². The second-order valence-corrected chi connectivity index (χ2v) is 5.06. The van der Waals surface area contributed by atoms with Crippen LogP contribution in [0.5, 0.6) is 11.5 Å². The standard InChI is InChI=1S/C17H16N4O2/c1-13-5-4-6-14(11-13)23-16-8-3-2-7-15(16)19-17(22)12-21-10-9-18-20-21/h2-11H,12H2,1H3,(H,19,22).